The Bertz CT molecular complexity index is 1000. The van der Waals surface area contributed by atoms with Crippen LogP contribution in [-0.4, -0.2) is 49.0 Å². The van der Waals surface area contributed by atoms with Gasteiger partial charge in [-0.15, -0.1) is 0 Å². The lowest BCUT2D eigenvalue weighted by molar-refractivity contribution is -0.134. The lowest BCUT2D eigenvalue weighted by Gasteiger charge is -2.31. The molecule has 160 valence electrons. The van der Waals surface area contributed by atoms with Gasteiger partial charge in [-0.2, -0.15) is 0 Å². The molecule has 1 N–H and O–H groups in total. The molecule has 1 aliphatic rings. The van der Waals surface area contributed by atoms with E-state index < -0.39 is 9.84 Å². The molecule has 0 unspecified atom stereocenters. The van der Waals surface area contributed by atoms with E-state index in [4.69, 9.17) is 11.6 Å². The molecule has 0 aliphatic carbocycles. The summed E-state index contributed by atoms with van der Waals surface area (Å²) in [5.41, 5.74) is 0.976. The number of sulfone groups is 1. The average molecular weight is 450 g/mol. The third kappa shape index (κ3) is 5.79. The fraction of sp³-hybridized carbons (Fsp3) is 0.381. The molecule has 1 aromatic heterocycles. The van der Waals surface area contributed by atoms with Crippen LogP contribution in [0.15, 0.2) is 47.5 Å². The molecule has 0 atom stereocenters. The number of aromatic nitrogens is 1. The fourth-order valence-corrected chi connectivity index (χ4v) is 4.65. The second kappa shape index (κ2) is 9.57. The van der Waals surface area contributed by atoms with Crippen molar-refractivity contribution in [1.29, 1.82) is 0 Å². The van der Waals surface area contributed by atoms with E-state index in [1.165, 1.54) is 6.20 Å². The van der Waals surface area contributed by atoms with Gasteiger partial charge in [0.2, 0.25) is 11.8 Å². The summed E-state index contributed by atoms with van der Waals surface area (Å²) in [6.45, 7) is 2.74. The molecule has 0 spiro atoms. The fourth-order valence-electron chi connectivity index (χ4n) is 3.31. The molecule has 2 heterocycles. The van der Waals surface area contributed by atoms with Crippen molar-refractivity contribution < 1.29 is 18.0 Å². The molecule has 2 amide bonds. The summed E-state index contributed by atoms with van der Waals surface area (Å²) in [6.07, 6.45) is 2.44. The first-order valence-electron chi connectivity index (χ1n) is 9.74. The van der Waals surface area contributed by atoms with E-state index in [0.29, 0.717) is 36.8 Å². The molecule has 0 bridgehead atoms. The van der Waals surface area contributed by atoms with E-state index in [-0.39, 0.29) is 34.8 Å². The summed E-state index contributed by atoms with van der Waals surface area (Å²) in [5, 5.41) is 3.25. The van der Waals surface area contributed by atoms with E-state index >= 15 is 0 Å². The van der Waals surface area contributed by atoms with Crippen molar-refractivity contribution in [1.82, 2.24) is 9.88 Å². The van der Waals surface area contributed by atoms with Crippen LogP contribution in [0.4, 0.5) is 5.82 Å². The molecule has 0 saturated carbocycles. The summed E-state index contributed by atoms with van der Waals surface area (Å²) >= 11 is 5.79. The normalized spacial score (nSPS) is 15.1. The van der Waals surface area contributed by atoms with Crippen LogP contribution in [0.5, 0.6) is 0 Å². The largest absolute Gasteiger partial charge is 0.343 e. The van der Waals surface area contributed by atoms with Gasteiger partial charge >= 0.3 is 0 Å². The summed E-state index contributed by atoms with van der Waals surface area (Å²) in [6, 6.07) is 9.89. The molecular formula is C21H24ClN3O4S. The maximum Gasteiger partial charge on any atom is 0.228 e. The number of anilines is 1. The van der Waals surface area contributed by atoms with Gasteiger partial charge in [-0.3, -0.25) is 9.59 Å². The van der Waals surface area contributed by atoms with E-state index in [9.17, 15) is 18.0 Å². The Labute approximate surface area is 181 Å². The van der Waals surface area contributed by atoms with E-state index in [1.54, 1.807) is 41.3 Å². The number of pyridine rings is 1. The maximum atomic E-state index is 12.5. The van der Waals surface area contributed by atoms with Gasteiger partial charge in [0.05, 0.1) is 15.7 Å². The van der Waals surface area contributed by atoms with Crippen LogP contribution in [-0.2, 0) is 19.4 Å². The molecule has 1 aliphatic heterocycles. The van der Waals surface area contributed by atoms with Crippen LogP contribution in [0.1, 0.15) is 24.8 Å². The average Bonchev–Trinajstić information content (AvgIpc) is 2.74. The molecular weight excluding hydrogens is 426 g/mol. The van der Waals surface area contributed by atoms with Gasteiger partial charge < -0.3 is 10.2 Å². The van der Waals surface area contributed by atoms with Crippen LogP contribution < -0.4 is 5.32 Å². The Balaban J connectivity index is 1.47. The van der Waals surface area contributed by atoms with Crippen molar-refractivity contribution in [3.8, 4) is 0 Å². The first-order valence-corrected chi connectivity index (χ1v) is 11.8. The molecule has 3 rings (SSSR count). The van der Waals surface area contributed by atoms with Crippen LogP contribution in [0.25, 0.3) is 0 Å². The molecule has 0 radical (unpaired) electrons. The van der Waals surface area contributed by atoms with Crippen molar-refractivity contribution in [2.24, 2.45) is 5.92 Å². The second-order valence-corrected chi connectivity index (χ2v) is 9.93. The molecule has 1 saturated heterocycles. The van der Waals surface area contributed by atoms with Crippen molar-refractivity contribution >= 4 is 39.1 Å². The Morgan fingerprint density at radius 1 is 1.13 bits per heavy atom. The number of carbonyl (C=O) groups excluding carboxylic acids is 2. The van der Waals surface area contributed by atoms with Gasteiger partial charge in [-0.05, 0) is 44.0 Å². The van der Waals surface area contributed by atoms with E-state index in [2.05, 4.69) is 10.3 Å². The topological polar surface area (TPSA) is 96.4 Å². The van der Waals surface area contributed by atoms with E-state index in [0.717, 1.165) is 5.56 Å². The van der Waals surface area contributed by atoms with Gasteiger partial charge in [0.25, 0.3) is 0 Å². The maximum absolute atomic E-state index is 12.5. The number of nitrogens with one attached hydrogen (secondary N) is 1. The molecule has 1 fully saturated rings. The predicted octanol–water partition coefficient (Wildman–Crippen LogP) is 3.08. The van der Waals surface area contributed by atoms with Crippen LogP contribution in [0.2, 0.25) is 5.02 Å². The van der Waals surface area contributed by atoms with Crippen LogP contribution in [0.3, 0.4) is 0 Å². The lowest BCUT2D eigenvalue weighted by atomic mass is 9.95. The number of rotatable bonds is 6. The third-order valence-corrected chi connectivity index (χ3v) is 7.12. The Morgan fingerprint density at radius 3 is 2.40 bits per heavy atom. The third-order valence-electron chi connectivity index (χ3n) is 5.16. The molecule has 9 heteroatoms. The summed E-state index contributed by atoms with van der Waals surface area (Å²) < 4.78 is 24.9. The first kappa shape index (κ1) is 22.2. The highest BCUT2D eigenvalue weighted by molar-refractivity contribution is 7.91. The van der Waals surface area contributed by atoms with Gasteiger partial charge in [-0.1, -0.05) is 29.3 Å². The van der Waals surface area contributed by atoms with Crippen molar-refractivity contribution in [3.05, 3.63) is 53.2 Å². The summed E-state index contributed by atoms with van der Waals surface area (Å²) in [4.78, 5) is 30.8. The number of piperidine rings is 1. The number of aryl methyl sites for hydroxylation is 1. The number of nitrogens with zero attached hydrogens (tertiary/aromatic N) is 2. The van der Waals surface area contributed by atoms with Crippen LogP contribution in [0, 0.1) is 12.8 Å². The van der Waals surface area contributed by atoms with Crippen molar-refractivity contribution in [3.63, 3.8) is 0 Å². The van der Waals surface area contributed by atoms with Crippen molar-refractivity contribution in [2.45, 2.75) is 31.1 Å². The Kier molecular flexibility index (Phi) is 7.10. The molecule has 1 aromatic carbocycles. The Morgan fingerprint density at radius 2 is 1.80 bits per heavy atom. The minimum atomic E-state index is -3.50. The second-order valence-electron chi connectivity index (χ2n) is 7.39. The number of hydrogen-bond donors (Lipinski definition) is 1. The monoisotopic (exact) mass is 449 g/mol. The van der Waals surface area contributed by atoms with Gasteiger partial charge in [-0.25, -0.2) is 13.4 Å². The smallest absolute Gasteiger partial charge is 0.228 e. The SMILES string of the molecule is Cc1ccc(S(=O)(=O)CCC(=O)N2CCC(C(=O)Nc3ccc(Cl)cn3)CC2)cc1. The minimum Gasteiger partial charge on any atom is -0.343 e. The van der Waals surface area contributed by atoms with Gasteiger partial charge in [0.15, 0.2) is 9.84 Å². The quantitative estimate of drug-likeness (QED) is 0.730. The minimum absolute atomic E-state index is 0.0677. The summed E-state index contributed by atoms with van der Waals surface area (Å²) in [5.74, 6) is -0.354. The Hall–Kier alpha value is -2.45. The van der Waals surface area contributed by atoms with Gasteiger partial charge in [0.1, 0.15) is 5.82 Å². The predicted molar refractivity (Wildman–Crippen MR) is 115 cm³/mol. The van der Waals surface area contributed by atoms with Crippen LogP contribution >= 0.6 is 11.6 Å². The molecule has 30 heavy (non-hydrogen) atoms. The number of likely N-dealkylation sites (tertiary alicyclic amines) is 1. The number of benzene rings is 1. The number of hydrogen-bond acceptors (Lipinski definition) is 5. The lowest BCUT2D eigenvalue weighted by Crippen LogP contribution is -2.42. The zero-order valence-electron chi connectivity index (χ0n) is 16.7. The highest BCUT2D eigenvalue weighted by atomic mass is 35.5. The van der Waals surface area contributed by atoms with Crippen molar-refractivity contribution in [2.75, 3.05) is 24.2 Å². The van der Waals surface area contributed by atoms with Gasteiger partial charge in [0, 0.05) is 31.6 Å². The number of halogens is 1. The molecule has 2 aromatic rings. The highest BCUT2D eigenvalue weighted by Gasteiger charge is 2.28. The standard InChI is InChI=1S/C21H24ClN3O4S/c1-15-2-5-18(6-3-15)30(28,29)13-10-20(26)25-11-8-16(9-12-25)21(27)24-19-7-4-17(22)14-23-19/h2-7,14,16H,8-13H2,1H3,(H,23,24,27). The van der Waals surface area contributed by atoms with E-state index in [1.807, 2.05) is 6.92 Å². The first-order chi connectivity index (χ1) is 14.2. The summed E-state index contributed by atoms with van der Waals surface area (Å²) in [7, 11) is -3.50. The zero-order chi connectivity index (χ0) is 21.7. The number of carbonyl (C=O) groups is 2. The molecule has 7 nitrogen and oxygen atoms in total. The zero-order valence-corrected chi connectivity index (χ0v) is 18.2. The number of amides is 2. The highest BCUT2D eigenvalue weighted by Crippen LogP contribution is 2.21.